The number of nitrogens with zero attached hydrogens (tertiary/aromatic N) is 1. The van der Waals surface area contributed by atoms with Crippen LogP contribution in [0.1, 0.15) is 0 Å². The third kappa shape index (κ3) is 1.23. The topological polar surface area (TPSA) is 94.4 Å². The van der Waals surface area contributed by atoms with Crippen LogP contribution < -0.4 is 11.2 Å². The van der Waals surface area contributed by atoms with Gasteiger partial charge in [0.1, 0.15) is 5.52 Å². The monoisotopic (exact) mass is 255 g/mol. The Morgan fingerprint density at radius 3 is 2.75 bits per heavy atom. The summed E-state index contributed by atoms with van der Waals surface area (Å²) in [6, 6.07) is 0. The maximum atomic E-state index is 10.9. The van der Waals surface area contributed by atoms with Crippen molar-refractivity contribution < 1.29 is 19.5 Å². The second-order valence-corrected chi connectivity index (χ2v) is 2.03. The Labute approximate surface area is 78.2 Å². The molecular formula is C5H4N4O2Rh. The van der Waals surface area contributed by atoms with E-state index in [0.29, 0.717) is 0 Å². The summed E-state index contributed by atoms with van der Waals surface area (Å²) in [6.45, 7) is 0. The number of rotatable bonds is 0. The zero-order valence-electron chi connectivity index (χ0n) is 5.67. The average Bonchev–Trinajstić information content (AvgIpc) is 2.34. The van der Waals surface area contributed by atoms with Gasteiger partial charge in [0.2, 0.25) is 0 Å². The van der Waals surface area contributed by atoms with Crippen molar-refractivity contribution in [2.24, 2.45) is 0 Å². The van der Waals surface area contributed by atoms with Crippen molar-refractivity contribution in [2.45, 2.75) is 0 Å². The number of H-pyrrole nitrogens is 3. The van der Waals surface area contributed by atoms with Crippen LogP contribution >= 0.6 is 0 Å². The second-order valence-electron chi connectivity index (χ2n) is 2.03. The third-order valence-electron chi connectivity index (χ3n) is 1.33. The van der Waals surface area contributed by atoms with Gasteiger partial charge in [-0.1, -0.05) is 0 Å². The molecule has 0 bridgehead atoms. The van der Waals surface area contributed by atoms with Gasteiger partial charge in [-0.3, -0.25) is 14.8 Å². The van der Waals surface area contributed by atoms with Gasteiger partial charge in [-0.15, -0.1) is 0 Å². The minimum atomic E-state index is -0.547. The SMILES string of the molecule is O=c1[nH]c(=O)c2[nH]cnc2[nH]1.[Rh]. The van der Waals surface area contributed by atoms with E-state index in [-0.39, 0.29) is 30.6 Å². The minimum Gasteiger partial charge on any atom is -0.339 e. The summed E-state index contributed by atoms with van der Waals surface area (Å²) in [5.74, 6) is 0. The first-order valence-electron chi connectivity index (χ1n) is 2.93. The Morgan fingerprint density at radius 1 is 1.25 bits per heavy atom. The summed E-state index contributed by atoms with van der Waals surface area (Å²) in [5, 5.41) is 0. The molecule has 12 heavy (non-hydrogen) atoms. The van der Waals surface area contributed by atoms with Crippen molar-refractivity contribution in [2.75, 3.05) is 0 Å². The molecule has 2 heterocycles. The molecule has 2 aromatic rings. The Kier molecular flexibility index (Phi) is 2.23. The molecule has 2 rings (SSSR count). The Balaban J connectivity index is 0.000000720. The van der Waals surface area contributed by atoms with Crippen molar-refractivity contribution in [3.8, 4) is 0 Å². The number of fused-ring (bicyclic) bond motifs is 1. The molecule has 0 atom stereocenters. The fourth-order valence-corrected chi connectivity index (χ4v) is 0.867. The number of imidazole rings is 1. The van der Waals surface area contributed by atoms with Gasteiger partial charge >= 0.3 is 5.69 Å². The van der Waals surface area contributed by atoms with Crippen molar-refractivity contribution in [1.29, 1.82) is 0 Å². The van der Waals surface area contributed by atoms with Crippen molar-refractivity contribution in [3.05, 3.63) is 27.2 Å². The van der Waals surface area contributed by atoms with Crippen LogP contribution in [-0.2, 0) is 19.5 Å². The van der Waals surface area contributed by atoms with Gasteiger partial charge in [0, 0.05) is 19.5 Å². The van der Waals surface area contributed by atoms with E-state index in [1.165, 1.54) is 6.33 Å². The van der Waals surface area contributed by atoms with E-state index < -0.39 is 11.2 Å². The van der Waals surface area contributed by atoms with Gasteiger partial charge in [-0.2, -0.15) is 0 Å². The van der Waals surface area contributed by atoms with Crippen molar-refractivity contribution >= 4 is 11.2 Å². The molecule has 0 saturated heterocycles. The first kappa shape index (κ1) is 8.87. The van der Waals surface area contributed by atoms with E-state index in [4.69, 9.17) is 0 Å². The molecule has 0 saturated carbocycles. The van der Waals surface area contributed by atoms with E-state index in [0.717, 1.165) is 0 Å². The summed E-state index contributed by atoms with van der Waals surface area (Å²) in [7, 11) is 0. The molecule has 1 radical (unpaired) electrons. The molecule has 7 heteroatoms. The Bertz CT molecular complexity index is 496. The van der Waals surface area contributed by atoms with E-state index in [9.17, 15) is 9.59 Å². The molecule has 0 aliphatic carbocycles. The predicted octanol–water partition coefficient (Wildman–Crippen LogP) is -1.06. The van der Waals surface area contributed by atoms with Crippen molar-refractivity contribution in [1.82, 2.24) is 19.9 Å². The molecule has 0 aliphatic heterocycles. The molecule has 6 nitrogen and oxygen atoms in total. The number of hydrogen-bond acceptors (Lipinski definition) is 3. The molecule has 3 N–H and O–H groups in total. The summed E-state index contributed by atoms with van der Waals surface area (Å²) < 4.78 is 0. The van der Waals surface area contributed by atoms with Gasteiger partial charge in [0.25, 0.3) is 5.56 Å². The second kappa shape index (κ2) is 3.02. The van der Waals surface area contributed by atoms with Gasteiger partial charge in [-0.05, 0) is 0 Å². The molecule has 0 aliphatic rings. The zero-order chi connectivity index (χ0) is 7.84. The fraction of sp³-hybridized carbons (Fsp3) is 0. The first-order valence-corrected chi connectivity index (χ1v) is 2.93. The maximum absolute atomic E-state index is 10.9. The maximum Gasteiger partial charge on any atom is 0.327 e. The molecular weight excluding hydrogens is 251 g/mol. The standard InChI is InChI=1S/C5H4N4O2.Rh/c10-4-2-3(7-1-6-2)8-5(11)9-4;/h1H,(H3,6,7,8,9,10,11);. The van der Waals surface area contributed by atoms with Crippen LogP contribution in [0, 0.1) is 0 Å². The van der Waals surface area contributed by atoms with Crippen LogP contribution in [0.3, 0.4) is 0 Å². The first-order chi connectivity index (χ1) is 5.27. The van der Waals surface area contributed by atoms with E-state index >= 15 is 0 Å². The largest absolute Gasteiger partial charge is 0.339 e. The van der Waals surface area contributed by atoms with Gasteiger partial charge in [-0.25, -0.2) is 9.78 Å². The molecule has 0 spiro atoms. The molecule has 65 valence electrons. The minimum absolute atomic E-state index is 0. The smallest absolute Gasteiger partial charge is 0.327 e. The van der Waals surface area contributed by atoms with Crippen molar-refractivity contribution in [3.63, 3.8) is 0 Å². The average molecular weight is 255 g/mol. The molecule has 0 unspecified atom stereocenters. The van der Waals surface area contributed by atoms with Crippen LogP contribution in [-0.4, -0.2) is 19.9 Å². The number of hydrogen-bond donors (Lipinski definition) is 3. The third-order valence-corrected chi connectivity index (χ3v) is 1.33. The Hall–Kier alpha value is -1.23. The fourth-order valence-electron chi connectivity index (χ4n) is 0.867. The van der Waals surface area contributed by atoms with Gasteiger partial charge < -0.3 is 4.98 Å². The number of aromatic nitrogens is 4. The molecule has 2 aromatic heterocycles. The number of aromatic amines is 3. The molecule has 0 fully saturated rings. The predicted molar refractivity (Wildman–Crippen MR) is 37.3 cm³/mol. The summed E-state index contributed by atoms with van der Waals surface area (Å²) in [5.41, 5.74) is -0.445. The summed E-state index contributed by atoms with van der Waals surface area (Å²) in [6.07, 6.45) is 1.34. The van der Waals surface area contributed by atoms with Crippen LogP contribution in [0.2, 0.25) is 0 Å². The Morgan fingerprint density at radius 2 is 2.00 bits per heavy atom. The quantitative estimate of drug-likeness (QED) is 0.523. The van der Waals surface area contributed by atoms with Gasteiger partial charge in [0.05, 0.1) is 6.33 Å². The van der Waals surface area contributed by atoms with Crippen LogP contribution in [0.25, 0.3) is 11.2 Å². The van der Waals surface area contributed by atoms with Gasteiger partial charge in [0.15, 0.2) is 5.65 Å². The molecule has 0 amide bonds. The van der Waals surface area contributed by atoms with Crippen LogP contribution in [0.5, 0.6) is 0 Å². The van der Waals surface area contributed by atoms with E-state index in [2.05, 4.69) is 19.9 Å². The summed E-state index contributed by atoms with van der Waals surface area (Å²) >= 11 is 0. The van der Waals surface area contributed by atoms with E-state index in [1.54, 1.807) is 0 Å². The number of nitrogens with one attached hydrogen (secondary N) is 3. The zero-order valence-corrected chi connectivity index (χ0v) is 7.31. The van der Waals surface area contributed by atoms with E-state index in [1.807, 2.05) is 0 Å². The molecule has 0 aromatic carbocycles. The summed E-state index contributed by atoms with van der Waals surface area (Å²) in [4.78, 5) is 32.3. The van der Waals surface area contributed by atoms with Crippen LogP contribution in [0.4, 0.5) is 0 Å². The van der Waals surface area contributed by atoms with Crippen LogP contribution in [0.15, 0.2) is 15.9 Å². The normalized spacial score (nSPS) is 9.67.